The molecule has 25 heavy (non-hydrogen) atoms. The summed E-state index contributed by atoms with van der Waals surface area (Å²) >= 11 is 8.22. The fraction of sp³-hybridized carbons (Fsp3) is 0.0588. The Bertz CT molecular complexity index is 960. The van der Waals surface area contributed by atoms with Crippen LogP contribution in [-0.4, -0.2) is 21.4 Å². The highest BCUT2D eigenvalue weighted by Gasteiger charge is 2.12. The quantitative estimate of drug-likeness (QED) is 0.325. The molecule has 0 amide bonds. The molecule has 3 rings (SSSR count). The second kappa shape index (κ2) is 8.09. The highest BCUT2D eigenvalue weighted by molar-refractivity contribution is 14.1. The zero-order valence-corrected chi connectivity index (χ0v) is 15.8. The number of nitrogens with one attached hydrogen (secondary N) is 2. The van der Waals surface area contributed by atoms with Gasteiger partial charge in [-0.25, -0.2) is 4.99 Å². The topological polar surface area (TPSA) is 89.8 Å². The molecule has 0 aliphatic rings. The SMILES string of the molecule is N#Cc1c(N=Cc2cccnc2CI)n[nH]c1Nc1cccc(Cl)c1. The summed E-state index contributed by atoms with van der Waals surface area (Å²) in [7, 11) is 0. The van der Waals surface area contributed by atoms with Crippen LogP contribution < -0.4 is 5.32 Å². The van der Waals surface area contributed by atoms with Gasteiger partial charge in [0.25, 0.3) is 0 Å². The zero-order chi connectivity index (χ0) is 17.6. The van der Waals surface area contributed by atoms with Gasteiger partial charge in [0.15, 0.2) is 5.82 Å². The van der Waals surface area contributed by atoms with E-state index in [-0.39, 0.29) is 0 Å². The number of nitriles is 1. The Morgan fingerprint density at radius 2 is 2.24 bits per heavy atom. The van der Waals surface area contributed by atoms with Crippen LogP contribution in [0, 0.1) is 11.3 Å². The molecule has 0 fully saturated rings. The summed E-state index contributed by atoms with van der Waals surface area (Å²) in [5, 5.41) is 20.1. The number of benzene rings is 1. The molecule has 3 aromatic rings. The summed E-state index contributed by atoms with van der Waals surface area (Å²) in [5.74, 6) is 0.785. The largest absolute Gasteiger partial charge is 0.339 e. The Balaban J connectivity index is 1.87. The van der Waals surface area contributed by atoms with Gasteiger partial charge < -0.3 is 5.32 Å². The van der Waals surface area contributed by atoms with Crippen molar-refractivity contribution in [1.29, 1.82) is 5.26 Å². The minimum atomic E-state index is 0.315. The van der Waals surface area contributed by atoms with Crippen LogP contribution in [0.2, 0.25) is 5.02 Å². The van der Waals surface area contributed by atoms with Crippen LogP contribution in [0.3, 0.4) is 0 Å². The highest BCUT2D eigenvalue weighted by Crippen LogP contribution is 2.26. The Kier molecular flexibility index (Phi) is 5.63. The van der Waals surface area contributed by atoms with E-state index in [2.05, 4.69) is 54.2 Å². The molecule has 0 aliphatic carbocycles. The smallest absolute Gasteiger partial charge is 0.193 e. The Hall–Kier alpha value is -2.44. The number of anilines is 2. The lowest BCUT2D eigenvalue weighted by molar-refractivity contribution is 1.08. The second-order valence-corrected chi connectivity index (χ2v) is 6.17. The van der Waals surface area contributed by atoms with E-state index in [1.165, 1.54) is 0 Å². The minimum Gasteiger partial charge on any atom is -0.339 e. The van der Waals surface area contributed by atoms with Crippen LogP contribution in [-0.2, 0) is 4.43 Å². The van der Waals surface area contributed by atoms with Gasteiger partial charge in [-0.2, -0.15) is 10.4 Å². The second-order valence-electron chi connectivity index (χ2n) is 4.98. The number of rotatable bonds is 5. The predicted octanol–water partition coefficient (Wildman–Crippen LogP) is 4.76. The van der Waals surface area contributed by atoms with Gasteiger partial charge in [0, 0.05) is 33.1 Å². The van der Waals surface area contributed by atoms with E-state index in [9.17, 15) is 5.26 Å². The van der Waals surface area contributed by atoms with E-state index < -0.39 is 0 Å². The molecular weight excluding hydrogens is 451 g/mol. The molecule has 2 heterocycles. The first kappa shape index (κ1) is 17.4. The van der Waals surface area contributed by atoms with Gasteiger partial charge in [-0.15, -0.1) is 0 Å². The van der Waals surface area contributed by atoms with Crippen molar-refractivity contribution in [2.45, 2.75) is 4.43 Å². The zero-order valence-electron chi connectivity index (χ0n) is 12.9. The average molecular weight is 463 g/mol. The summed E-state index contributed by atoms with van der Waals surface area (Å²) in [4.78, 5) is 8.64. The lowest BCUT2D eigenvalue weighted by atomic mass is 10.2. The summed E-state index contributed by atoms with van der Waals surface area (Å²) < 4.78 is 0.771. The van der Waals surface area contributed by atoms with Crippen LogP contribution in [0.1, 0.15) is 16.8 Å². The molecule has 1 aromatic carbocycles. The van der Waals surface area contributed by atoms with Crippen LogP contribution in [0.15, 0.2) is 47.6 Å². The third-order valence-electron chi connectivity index (χ3n) is 3.33. The lowest BCUT2D eigenvalue weighted by Crippen LogP contribution is -1.93. The number of halogens is 2. The number of alkyl halides is 1. The van der Waals surface area contributed by atoms with Crippen LogP contribution in [0.25, 0.3) is 0 Å². The Labute approximate surface area is 163 Å². The van der Waals surface area contributed by atoms with Gasteiger partial charge in [0.2, 0.25) is 0 Å². The first-order valence-electron chi connectivity index (χ1n) is 7.26. The molecule has 124 valence electrons. The Morgan fingerprint density at radius 1 is 1.36 bits per heavy atom. The summed E-state index contributed by atoms with van der Waals surface area (Å²) in [6.45, 7) is 0. The normalized spacial score (nSPS) is 10.8. The summed E-state index contributed by atoms with van der Waals surface area (Å²) in [6.07, 6.45) is 3.41. The first-order chi connectivity index (χ1) is 12.2. The molecule has 0 spiro atoms. The van der Waals surface area contributed by atoms with Crippen molar-refractivity contribution < 1.29 is 0 Å². The van der Waals surface area contributed by atoms with E-state index in [1.54, 1.807) is 24.5 Å². The maximum atomic E-state index is 9.46. The number of aromatic amines is 1. The molecule has 0 bridgehead atoms. The van der Waals surface area contributed by atoms with Crippen molar-refractivity contribution in [1.82, 2.24) is 15.2 Å². The number of hydrogen-bond donors (Lipinski definition) is 2. The summed E-state index contributed by atoms with van der Waals surface area (Å²) in [5.41, 5.74) is 2.91. The van der Waals surface area contributed by atoms with Gasteiger partial charge in [-0.1, -0.05) is 46.3 Å². The standard InChI is InChI=1S/C17H12ClIN6/c18-12-4-1-5-13(7-12)23-17-14(9-20)16(24-25-17)22-10-11-3-2-6-21-15(11)8-19/h1-7,10H,8H2,(H2,23,24,25). The van der Waals surface area contributed by atoms with Gasteiger partial charge in [0.1, 0.15) is 17.5 Å². The van der Waals surface area contributed by atoms with Crippen LogP contribution in [0.5, 0.6) is 0 Å². The number of hydrogen-bond acceptors (Lipinski definition) is 5. The minimum absolute atomic E-state index is 0.315. The monoisotopic (exact) mass is 462 g/mol. The van der Waals surface area contributed by atoms with E-state index in [0.29, 0.717) is 22.2 Å². The van der Waals surface area contributed by atoms with Crippen LogP contribution >= 0.6 is 34.2 Å². The Morgan fingerprint density at radius 3 is 3.00 bits per heavy atom. The van der Waals surface area contributed by atoms with Crippen molar-refractivity contribution >= 4 is 57.7 Å². The maximum Gasteiger partial charge on any atom is 0.193 e. The van der Waals surface area contributed by atoms with E-state index >= 15 is 0 Å². The van der Waals surface area contributed by atoms with Crippen molar-refractivity contribution in [2.24, 2.45) is 4.99 Å². The molecule has 2 aromatic heterocycles. The van der Waals surface area contributed by atoms with E-state index in [4.69, 9.17) is 11.6 Å². The fourth-order valence-electron chi connectivity index (χ4n) is 2.14. The molecule has 0 atom stereocenters. The third-order valence-corrected chi connectivity index (χ3v) is 4.29. The number of H-pyrrole nitrogens is 1. The highest BCUT2D eigenvalue weighted by atomic mass is 127. The van der Waals surface area contributed by atoms with Gasteiger partial charge in [-0.05, 0) is 24.3 Å². The maximum absolute atomic E-state index is 9.46. The van der Waals surface area contributed by atoms with Crippen molar-refractivity contribution in [3.8, 4) is 6.07 Å². The van der Waals surface area contributed by atoms with Crippen molar-refractivity contribution in [2.75, 3.05) is 5.32 Å². The molecule has 0 saturated carbocycles. The third kappa shape index (κ3) is 4.15. The van der Waals surface area contributed by atoms with Crippen LogP contribution in [0.4, 0.5) is 17.3 Å². The molecule has 2 N–H and O–H groups in total. The molecule has 6 nitrogen and oxygen atoms in total. The van der Waals surface area contributed by atoms with Crippen molar-refractivity contribution in [3.63, 3.8) is 0 Å². The van der Waals surface area contributed by atoms with Gasteiger partial charge in [0.05, 0.1) is 5.69 Å². The first-order valence-corrected chi connectivity index (χ1v) is 9.16. The van der Waals surface area contributed by atoms with Gasteiger partial charge in [-0.3, -0.25) is 10.1 Å². The molecule has 8 heteroatoms. The van der Waals surface area contributed by atoms with Crippen molar-refractivity contribution in [3.05, 3.63) is 64.4 Å². The predicted molar refractivity (Wildman–Crippen MR) is 107 cm³/mol. The number of aliphatic imine (C=N–C) groups is 1. The molecule has 0 radical (unpaired) electrons. The molecular formula is C17H12ClIN6. The number of aromatic nitrogens is 3. The lowest BCUT2D eigenvalue weighted by Gasteiger charge is -2.04. The fourth-order valence-corrected chi connectivity index (χ4v) is 2.97. The molecule has 0 saturated heterocycles. The van der Waals surface area contributed by atoms with Gasteiger partial charge >= 0.3 is 0 Å². The molecule has 0 aliphatic heterocycles. The number of nitrogens with zero attached hydrogens (tertiary/aromatic N) is 4. The summed E-state index contributed by atoms with van der Waals surface area (Å²) in [6, 6.07) is 13.1. The van der Waals surface area contributed by atoms with E-state index in [0.717, 1.165) is 21.4 Å². The average Bonchev–Trinajstić information content (AvgIpc) is 3.01. The molecule has 0 unspecified atom stereocenters. The van der Waals surface area contributed by atoms with E-state index in [1.807, 2.05) is 24.3 Å². The number of pyridine rings is 1.